The zero-order valence-corrected chi connectivity index (χ0v) is 10.1. The monoisotopic (exact) mass is 226 g/mol. The van der Waals surface area contributed by atoms with E-state index in [-0.39, 0.29) is 0 Å². The Kier molecular flexibility index (Phi) is 7.67. The van der Waals surface area contributed by atoms with E-state index in [1.807, 2.05) is 6.92 Å². The van der Waals surface area contributed by atoms with E-state index in [1.165, 1.54) is 0 Å². The van der Waals surface area contributed by atoms with Gasteiger partial charge in [-0.05, 0) is 0 Å². The van der Waals surface area contributed by atoms with Gasteiger partial charge >= 0.3 is 0 Å². The zero-order valence-electron chi connectivity index (χ0n) is 10.1. The summed E-state index contributed by atoms with van der Waals surface area (Å²) in [7, 11) is 4.82. The topological polar surface area (TPSA) is 44.8 Å². The minimum absolute atomic E-state index is 0.639. The van der Waals surface area contributed by atoms with Gasteiger partial charge in [0.25, 0.3) is 0 Å². The molecule has 1 aromatic carbocycles. The molecule has 90 valence electrons. The van der Waals surface area contributed by atoms with Gasteiger partial charge in [-0.3, -0.25) is 0 Å². The van der Waals surface area contributed by atoms with Gasteiger partial charge in [-0.2, -0.15) is 0 Å². The van der Waals surface area contributed by atoms with E-state index in [1.54, 1.807) is 39.5 Å². The Morgan fingerprint density at radius 1 is 0.938 bits per heavy atom. The van der Waals surface area contributed by atoms with E-state index >= 15 is 0 Å². The molecule has 4 nitrogen and oxygen atoms in total. The summed E-state index contributed by atoms with van der Waals surface area (Å²) in [5.41, 5.74) is 0. The Morgan fingerprint density at radius 3 is 1.31 bits per heavy atom. The number of aldehydes is 1. The highest BCUT2D eigenvalue weighted by molar-refractivity contribution is 5.48. The van der Waals surface area contributed by atoms with Gasteiger partial charge in [0.1, 0.15) is 23.5 Å². The van der Waals surface area contributed by atoms with Crippen LogP contribution in [0.15, 0.2) is 18.2 Å². The lowest BCUT2D eigenvalue weighted by atomic mass is 10.3. The second-order valence-corrected chi connectivity index (χ2v) is 2.83. The van der Waals surface area contributed by atoms with Crippen LogP contribution in [0, 0.1) is 0 Å². The van der Waals surface area contributed by atoms with Gasteiger partial charge in [0, 0.05) is 24.6 Å². The SMILES string of the molecule is CCC=O.COc1cc(OC)cc(OC)c1. The van der Waals surface area contributed by atoms with Crippen LogP contribution < -0.4 is 14.2 Å². The van der Waals surface area contributed by atoms with Crippen LogP contribution in [0.5, 0.6) is 17.2 Å². The van der Waals surface area contributed by atoms with E-state index < -0.39 is 0 Å². The molecule has 0 spiro atoms. The van der Waals surface area contributed by atoms with Crippen molar-refractivity contribution in [2.75, 3.05) is 21.3 Å². The fourth-order valence-corrected chi connectivity index (χ4v) is 0.899. The predicted octanol–water partition coefficient (Wildman–Crippen LogP) is 2.31. The summed E-state index contributed by atoms with van der Waals surface area (Å²) in [5, 5.41) is 0. The number of carbonyl (C=O) groups is 1. The molecule has 0 fully saturated rings. The molecule has 0 saturated heterocycles. The Morgan fingerprint density at radius 2 is 1.19 bits per heavy atom. The third-order valence-electron chi connectivity index (χ3n) is 1.73. The molecule has 0 aliphatic heterocycles. The molecule has 0 saturated carbocycles. The summed E-state index contributed by atoms with van der Waals surface area (Å²) in [6.45, 7) is 1.81. The lowest BCUT2D eigenvalue weighted by Crippen LogP contribution is -1.89. The summed E-state index contributed by atoms with van der Waals surface area (Å²) in [6.07, 6.45) is 1.51. The molecule has 0 aromatic heterocycles. The summed E-state index contributed by atoms with van der Waals surface area (Å²) >= 11 is 0. The van der Waals surface area contributed by atoms with Crippen LogP contribution >= 0.6 is 0 Å². The van der Waals surface area contributed by atoms with Gasteiger partial charge in [0.05, 0.1) is 21.3 Å². The van der Waals surface area contributed by atoms with E-state index in [2.05, 4.69) is 0 Å². The highest BCUT2D eigenvalue weighted by Crippen LogP contribution is 2.26. The van der Waals surface area contributed by atoms with Crippen LogP contribution in [-0.2, 0) is 4.79 Å². The summed E-state index contributed by atoms with van der Waals surface area (Å²) < 4.78 is 15.1. The molecule has 0 amide bonds. The molecule has 4 heteroatoms. The van der Waals surface area contributed by atoms with E-state index in [0.29, 0.717) is 6.42 Å². The first kappa shape index (κ1) is 14.3. The van der Waals surface area contributed by atoms with E-state index in [0.717, 1.165) is 23.5 Å². The normalized spacial score (nSPS) is 8.50. The Balaban J connectivity index is 0.000000487. The fourth-order valence-electron chi connectivity index (χ4n) is 0.899. The van der Waals surface area contributed by atoms with Gasteiger partial charge < -0.3 is 19.0 Å². The first-order valence-electron chi connectivity index (χ1n) is 4.92. The zero-order chi connectivity index (χ0) is 12.4. The van der Waals surface area contributed by atoms with Crippen LogP contribution in [0.3, 0.4) is 0 Å². The Hall–Kier alpha value is -1.71. The third kappa shape index (κ3) is 5.24. The maximum Gasteiger partial charge on any atom is 0.126 e. The summed E-state index contributed by atoms with van der Waals surface area (Å²) in [6, 6.07) is 5.38. The molecular formula is C12H18O4. The average Bonchev–Trinajstić information content (AvgIpc) is 2.38. The molecule has 0 unspecified atom stereocenters. The predicted molar refractivity (Wildman–Crippen MR) is 62.5 cm³/mol. The van der Waals surface area contributed by atoms with Crippen molar-refractivity contribution in [1.82, 2.24) is 0 Å². The van der Waals surface area contributed by atoms with Crippen molar-refractivity contribution in [1.29, 1.82) is 0 Å². The molecular weight excluding hydrogens is 208 g/mol. The highest BCUT2D eigenvalue weighted by atomic mass is 16.5. The van der Waals surface area contributed by atoms with E-state index in [9.17, 15) is 4.79 Å². The first-order chi connectivity index (χ1) is 7.71. The van der Waals surface area contributed by atoms with Gasteiger partial charge in [-0.15, -0.1) is 0 Å². The summed E-state index contributed by atoms with van der Waals surface area (Å²) in [4.78, 5) is 9.17. The van der Waals surface area contributed by atoms with Crippen LogP contribution in [0.1, 0.15) is 13.3 Å². The maximum absolute atomic E-state index is 9.17. The molecule has 16 heavy (non-hydrogen) atoms. The number of rotatable bonds is 4. The molecule has 0 bridgehead atoms. The second kappa shape index (κ2) is 8.59. The van der Waals surface area contributed by atoms with Crippen LogP contribution in [0.25, 0.3) is 0 Å². The standard InChI is InChI=1S/C9H12O3.C3H6O/c1-10-7-4-8(11-2)6-9(5-7)12-3;1-2-3-4/h4-6H,1-3H3;3H,2H2,1H3. The van der Waals surface area contributed by atoms with Crippen LogP contribution in [0.2, 0.25) is 0 Å². The van der Waals surface area contributed by atoms with Crippen molar-refractivity contribution < 1.29 is 19.0 Å². The van der Waals surface area contributed by atoms with Crippen molar-refractivity contribution in [2.24, 2.45) is 0 Å². The number of ether oxygens (including phenoxy) is 3. The van der Waals surface area contributed by atoms with Gasteiger partial charge in [-0.1, -0.05) is 6.92 Å². The molecule has 1 aromatic rings. The van der Waals surface area contributed by atoms with Gasteiger partial charge in [-0.25, -0.2) is 0 Å². The van der Waals surface area contributed by atoms with Crippen molar-refractivity contribution in [3.05, 3.63) is 18.2 Å². The van der Waals surface area contributed by atoms with Crippen molar-refractivity contribution in [2.45, 2.75) is 13.3 Å². The number of carbonyl (C=O) groups excluding carboxylic acids is 1. The molecule has 0 radical (unpaired) electrons. The number of benzene rings is 1. The maximum atomic E-state index is 9.17. The van der Waals surface area contributed by atoms with Crippen molar-refractivity contribution in [3.8, 4) is 17.2 Å². The smallest absolute Gasteiger partial charge is 0.126 e. The minimum atomic E-state index is 0.639. The van der Waals surface area contributed by atoms with Crippen molar-refractivity contribution >= 4 is 6.29 Å². The molecule has 1 rings (SSSR count). The first-order valence-corrected chi connectivity index (χ1v) is 4.92. The minimum Gasteiger partial charge on any atom is -0.496 e. The Bertz CT molecular complexity index is 255. The number of hydrogen-bond acceptors (Lipinski definition) is 4. The van der Waals surface area contributed by atoms with Crippen molar-refractivity contribution in [3.63, 3.8) is 0 Å². The highest BCUT2D eigenvalue weighted by Gasteiger charge is 2.00. The lowest BCUT2D eigenvalue weighted by molar-refractivity contribution is -0.107. The largest absolute Gasteiger partial charge is 0.496 e. The molecule has 0 heterocycles. The fraction of sp³-hybridized carbons (Fsp3) is 0.417. The van der Waals surface area contributed by atoms with Crippen LogP contribution in [-0.4, -0.2) is 27.6 Å². The second-order valence-electron chi connectivity index (χ2n) is 2.83. The lowest BCUT2D eigenvalue weighted by Gasteiger charge is -2.06. The summed E-state index contributed by atoms with van der Waals surface area (Å²) in [5.74, 6) is 2.18. The van der Waals surface area contributed by atoms with E-state index in [4.69, 9.17) is 14.2 Å². The molecule has 0 N–H and O–H groups in total. The van der Waals surface area contributed by atoms with Gasteiger partial charge in [0.2, 0.25) is 0 Å². The van der Waals surface area contributed by atoms with Crippen LogP contribution in [0.4, 0.5) is 0 Å². The Labute approximate surface area is 96.1 Å². The average molecular weight is 226 g/mol. The quantitative estimate of drug-likeness (QED) is 0.739. The van der Waals surface area contributed by atoms with Gasteiger partial charge in [0.15, 0.2) is 0 Å². The third-order valence-corrected chi connectivity index (χ3v) is 1.73. The molecule has 0 aliphatic carbocycles. The number of methoxy groups -OCH3 is 3. The molecule has 0 aliphatic rings. The number of hydrogen-bond donors (Lipinski definition) is 0. The molecule has 0 atom stereocenters.